The van der Waals surface area contributed by atoms with Crippen molar-refractivity contribution in [3.05, 3.63) is 69.8 Å². The van der Waals surface area contributed by atoms with Gasteiger partial charge in [-0.25, -0.2) is 19.4 Å². The average Bonchev–Trinajstić information content (AvgIpc) is 3.44. The fourth-order valence-corrected chi connectivity index (χ4v) is 3.72. The Labute approximate surface area is 242 Å². The molecular weight excluding hydrogens is 625 g/mol. The number of ether oxygens (including phenoxy) is 1. The fourth-order valence-electron chi connectivity index (χ4n) is 3.59. The van der Waals surface area contributed by atoms with E-state index in [1.54, 1.807) is 0 Å². The molecule has 0 aliphatic heterocycles. The van der Waals surface area contributed by atoms with Crippen LogP contribution in [0.25, 0.3) is 17.2 Å². The van der Waals surface area contributed by atoms with Crippen LogP contribution in [0.2, 0.25) is 5.02 Å². The summed E-state index contributed by atoms with van der Waals surface area (Å²) in [6.07, 6.45) is -11.9. The molecule has 0 aliphatic rings. The van der Waals surface area contributed by atoms with Crippen molar-refractivity contribution in [3.8, 4) is 23.0 Å². The Morgan fingerprint density at radius 1 is 1.07 bits per heavy atom. The van der Waals surface area contributed by atoms with Gasteiger partial charge in [0.05, 0.1) is 19.2 Å². The minimum Gasteiger partial charge on any atom is -0.402 e. The Bertz CT molecular complexity index is 1570. The fraction of sp³-hybridized carbons (Fsp3) is 0.318. The van der Waals surface area contributed by atoms with Crippen LogP contribution in [0.3, 0.4) is 0 Å². The average molecular weight is 645 g/mol. The number of rotatable bonds is 9. The van der Waals surface area contributed by atoms with Gasteiger partial charge in [-0.15, -0.1) is 35.8 Å². The van der Waals surface area contributed by atoms with Gasteiger partial charge in [0.25, 0.3) is 0 Å². The number of nitrogens with zero attached hydrogens (tertiary/aromatic N) is 7. The Hall–Kier alpha value is -3.71. The third-order valence-corrected chi connectivity index (χ3v) is 5.68. The highest BCUT2D eigenvalue weighted by Gasteiger charge is 2.39. The molecule has 4 rings (SSSR count). The molecule has 0 saturated carbocycles. The van der Waals surface area contributed by atoms with Crippen molar-refractivity contribution in [2.45, 2.75) is 37.8 Å². The standard InChI is InChI=1S/C22H19ClF6N8O4.ClH/c23-12-5-3-11(4-6-12)17-34-36(20(40)35(17)8-15(39)21(24,25)26)9-16-32-18(13(30)10-38)37(33-16)19-14(2-1-7-31-19)41-22(27,28)29;/h1-7,13,15,38-39H,8-10,30H2;1H/t13-,15+;/m1./s1. The van der Waals surface area contributed by atoms with Crippen molar-refractivity contribution in [2.75, 3.05) is 6.61 Å². The normalized spacial score (nSPS) is 13.5. The molecule has 2 atom stereocenters. The van der Waals surface area contributed by atoms with Crippen molar-refractivity contribution in [2.24, 2.45) is 5.73 Å². The Morgan fingerprint density at radius 3 is 2.33 bits per heavy atom. The molecule has 3 aromatic heterocycles. The zero-order valence-electron chi connectivity index (χ0n) is 20.8. The number of pyridine rings is 1. The van der Waals surface area contributed by atoms with Crippen LogP contribution in [-0.2, 0) is 13.1 Å². The number of halogens is 8. The molecule has 12 nitrogen and oxygen atoms in total. The van der Waals surface area contributed by atoms with Gasteiger partial charge in [-0.3, -0.25) is 4.57 Å². The van der Waals surface area contributed by atoms with Crippen LogP contribution < -0.4 is 16.2 Å². The summed E-state index contributed by atoms with van der Waals surface area (Å²) in [5, 5.41) is 27.6. The number of aliphatic hydroxyl groups excluding tert-OH is 2. The van der Waals surface area contributed by atoms with Gasteiger partial charge in [0.15, 0.2) is 35.1 Å². The van der Waals surface area contributed by atoms with Gasteiger partial charge in [-0.1, -0.05) is 11.6 Å². The molecular formula is C22H20Cl2F6N8O4. The molecule has 0 aliphatic carbocycles. The first-order chi connectivity index (χ1) is 19.2. The summed E-state index contributed by atoms with van der Waals surface area (Å²) in [7, 11) is 0. The first-order valence-corrected chi connectivity index (χ1v) is 11.8. The Kier molecular flexibility index (Phi) is 9.88. The first-order valence-electron chi connectivity index (χ1n) is 11.4. The molecule has 0 bridgehead atoms. The molecule has 228 valence electrons. The number of aromatic nitrogens is 7. The Morgan fingerprint density at radius 2 is 1.74 bits per heavy atom. The molecule has 1 aromatic carbocycles. The van der Waals surface area contributed by atoms with Crippen LogP contribution in [-0.4, -0.2) is 69.6 Å². The Balaban J connectivity index is 0.00000484. The molecule has 0 unspecified atom stereocenters. The smallest absolute Gasteiger partial charge is 0.402 e. The molecule has 4 aromatic rings. The van der Waals surface area contributed by atoms with E-state index in [4.69, 9.17) is 17.3 Å². The molecule has 0 amide bonds. The van der Waals surface area contributed by atoms with Crippen LogP contribution in [0, 0.1) is 0 Å². The summed E-state index contributed by atoms with van der Waals surface area (Å²) in [5.74, 6) is -2.09. The molecule has 42 heavy (non-hydrogen) atoms. The number of hydrogen-bond donors (Lipinski definition) is 3. The van der Waals surface area contributed by atoms with E-state index < -0.39 is 61.6 Å². The molecule has 0 fully saturated rings. The lowest BCUT2D eigenvalue weighted by Crippen LogP contribution is -2.37. The van der Waals surface area contributed by atoms with E-state index in [1.165, 1.54) is 24.3 Å². The zero-order valence-corrected chi connectivity index (χ0v) is 22.4. The minimum absolute atomic E-state index is 0. The summed E-state index contributed by atoms with van der Waals surface area (Å²) < 4.78 is 84.3. The monoisotopic (exact) mass is 644 g/mol. The third-order valence-electron chi connectivity index (χ3n) is 5.43. The van der Waals surface area contributed by atoms with E-state index in [2.05, 4.69) is 24.9 Å². The maximum absolute atomic E-state index is 13.1. The summed E-state index contributed by atoms with van der Waals surface area (Å²) >= 11 is 5.87. The molecule has 20 heteroatoms. The molecule has 3 heterocycles. The summed E-state index contributed by atoms with van der Waals surface area (Å²) in [6.45, 7) is -2.52. The van der Waals surface area contributed by atoms with Gasteiger partial charge in [-0.05, 0) is 36.4 Å². The largest absolute Gasteiger partial charge is 0.573 e. The lowest BCUT2D eigenvalue weighted by Gasteiger charge is -2.15. The van der Waals surface area contributed by atoms with E-state index in [9.17, 15) is 41.4 Å². The van der Waals surface area contributed by atoms with Gasteiger partial charge >= 0.3 is 18.2 Å². The first kappa shape index (κ1) is 32.8. The maximum atomic E-state index is 13.1. The van der Waals surface area contributed by atoms with Crippen molar-refractivity contribution in [1.82, 2.24) is 34.1 Å². The van der Waals surface area contributed by atoms with E-state index in [0.29, 0.717) is 14.3 Å². The van der Waals surface area contributed by atoms with Gasteiger partial charge in [0.2, 0.25) is 0 Å². The van der Waals surface area contributed by atoms with Crippen molar-refractivity contribution in [1.29, 1.82) is 0 Å². The molecule has 0 spiro atoms. The topological polar surface area (TPSA) is 159 Å². The number of aliphatic hydroxyl groups is 2. The van der Waals surface area contributed by atoms with Crippen LogP contribution >= 0.6 is 24.0 Å². The summed E-state index contributed by atoms with van der Waals surface area (Å²) in [4.78, 5) is 21.1. The molecule has 4 N–H and O–H groups in total. The lowest BCUT2D eigenvalue weighted by atomic mass is 10.2. The quantitative estimate of drug-likeness (QED) is 0.233. The second-order valence-electron chi connectivity index (χ2n) is 8.40. The van der Waals surface area contributed by atoms with E-state index >= 15 is 0 Å². The number of alkyl halides is 6. The van der Waals surface area contributed by atoms with Crippen molar-refractivity contribution < 1.29 is 41.3 Å². The zero-order chi connectivity index (χ0) is 30.1. The predicted octanol–water partition coefficient (Wildman–Crippen LogP) is 2.62. The third kappa shape index (κ3) is 7.37. The highest BCUT2D eigenvalue weighted by molar-refractivity contribution is 6.30. The summed E-state index contributed by atoms with van der Waals surface area (Å²) in [6, 6.07) is 6.42. The van der Waals surface area contributed by atoms with Crippen molar-refractivity contribution in [3.63, 3.8) is 0 Å². The predicted molar refractivity (Wildman–Crippen MR) is 135 cm³/mol. The summed E-state index contributed by atoms with van der Waals surface area (Å²) in [5.41, 5.74) is 4.95. The number of hydrogen-bond acceptors (Lipinski definition) is 9. The lowest BCUT2D eigenvalue weighted by molar-refractivity contribution is -0.274. The van der Waals surface area contributed by atoms with Gasteiger partial charge < -0.3 is 20.7 Å². The van der Waals surface area contributed by atoms with Crippen LogP contribution in [0.1, 0.15) is 17.7 Å². The van der Waals surface area contributed by atoms with Crippen LogP contribution in [0.4, 0.5) is 26.3 Å². The van der Waals surface area contributed by atoms with Crippen LogP contribution in [0.15, 0.2) is 47.4 Å². The van der Waals surface area contributed by atoms with Gasteiger partial charge in [0.1, 0.15) is 6.54 Å². The molecule has 0 radical (unpaired) electrons. The van der Waals surface area contributed by atoms with Gasteiger partial charge in [-0.2, -0.15) is 17.9 Å². The number of benzene rings is 1. The number of nitrogens with two attached hydrogens (primary N) is 1. The second kappa shape index (κ2) is 12.7. The highest BCUT2D eigenvalue weighted by atomic mass is 35.5. The highest BCUT2D eigenvalue weighted by Crippen LogP contribution is 2.29. The second-order valence-corrected chi connectivity index (χ2v) is 8.84. The van der Waals surface area contributed by atoms with E-state index in [-0.39, 0.29) is 35.4 Å². The molecule has 0 saturated heterocycles. The van der Waals surface area contributed by atoms with E-state index in [1.807, 2.05) is 0 Å². The maximum Gasteiger partial charge on any atom is 0.573 e. The SMILES string of the molecule is Cl.N[C@H](CO)c1nc(Cn2nc(-c3ccc(Cl)cc3)n(C[C@H](O)C(F)(F)F)c2=O)nn1-c1ncccc1OC(F)(F)F. The van der Waals surface area contributed by atoms with Crippen molar-refractivity contribution >= 4 is 24.0 Å². The minimum atomic E-state index is -5.10. The van der Waals surface area contributed by atoms with E-state index in [0.717, 1.165) is 23.0 Å². The van der Waals surface area contributed by atoms with Crippen LogP contribution in [0.5, 0.6) is 5.75 Å². The van der Waals surface area contributed by atoms with Gasteiger partial charge in [0, 0.05) is 16.8 Å².